The van der Waals surface area contributed by atoms with Crippen molar-refractivity contribution in [3.63, 3.8) is 0 Å². The van der Waals surface area contributed by atoms with E-state index in [2.05, 4.69) is 30.7 Å². The Bertz CT molecular complexity index is 548. The summed E-state index contributed by atoms with van der Waals surface area (Å²) in [6, 6.07) is 6.54. The molecule has 1 aromatic carbocycles. The van der Waals surface area contributed by atoms with Crippen molar-refractivity contribution < 1.29 is 4.74 Å². The molecular formula is C12H12BrN3O. The SMILES string of the molecule is COc1ccc(-c2nncn2C2CC2)cc1Br. The average molecular weight is 294 g/mol. The second-order valence-electron chi connectivity index (χ2n) is 4.14. The third kappa shape index (κ3) is 1.95. The van der Waals surface area contributed by atoms with Crippen molar-refractivity contribution in [2.45, 2.75) is 18.9 Å². The summed E-state index contributed by atoms with van der Waals surface area (Å²) in [5.41, 5.74) is 1.06. The third-order valence-electron chi connectivity index (χ3n) is 2.92. The van der Waals surface area contributed by atoms with E-state index >= 15 is 0 Å². The van der Waals surface area contributed by atoms with Crippen molar-refractivity contribution in [1.82, 2.24) is 14.8 Å². The number of methoxy groups -OCH3 is 1. The summed E-state index contributed by atoms with van der Waals surface area (Å²) in [5.74, 6) is 1.75. The molecule has 88 valence electrons. The molecule has 0 unspecified atom stereocenters. The van der Waals surface area contributed by atoms with Crippen LogP contribution in [0.2, 0.25) is 0 Å². The predicted octanol–water partition coefficient (Wildman–Crippen LogP) is 3.05. The first-order valence-electron chi connectivity index (χ1n) is 5.53. The topological polar surface area (TPSA) is 39.9 Å². The smallest absolute Gasteiger partial charge is 0.164 e. The number of aromatic nitrogens is 3. The van der Waals surface area contributed by atoms with Crippen LogP contribution in [-0.4, -0.2) is 21.9 Å². The van der Waals surface area contributed by atoms with Gasteiger partial charge < -0.3 is 9.30 Å². The first-order chi connectivity index (χ1) is 8.29. The normalized spacial score (nSPS) is 14.9. The average Bonchev–Trinajstić information content (AvgIpc) is 3.07. The van der Waals surface area contributed by atoms with Crippen LogP contribution in [0.3, 0.4) is 0 Å². The number of nitrogens with zero attached hydrogens (tertiary/aromatic N) is 3. The van der Waals surface area contributed by atoms with Gasteiger partial charge in [-0.15, -0.1) is 10.2 Å². The fourth-order valence-corrected chi connectivity index (χ4v) is 2.42. The van der Waals surface area contributed by atoms with Crippen molar-refractivity contribution in [3.8, 4) is 17.1 Å². The zero-order chi connectivity index (χ0) is 11.8. The standard InChI is InChI=1S/C12H12BrN3O/c1-17-11-5-2-8(6-10(11)13)12-15-14-7-16(12)9-3-4-9/h2,5-7,9H,3-4H2,1H3. The van der Waals surface area contributed by atoms with Crippen molar-refractivity contribution in [1.29, 1.82) is 0 Å². The number of ether oxygens (including phenoxy) is 1. The Hall–Kier alpha value is -1.36. The molecule has 4 nitrogen and oxygen atoms in total. The highest BCUT2D eigenvalue weighted by atomic mass is 79.9. The molecule has 1 saturated carbocycles. The maximum absolute atomic E-state index is 5.22. The monoisotopic (exact) mass is 293 g/mol. The lowest BCUT2D eigenvalue weighted by Crippen LogP contribution is -1.96. The molecule has 17 heavy (non-hydrogen) atoms. The Morgan fingerprint density at radius 3 is 2.88 bits per heavy atom. The van der Waals surface area contributed by atoms with E-state index in [1.54, 1.807) is 7.11 Å². The minimum Gasteiger partial charge on any atom is -0.496 e. The molecule has 1 aliphatic carbocycles. The molecule has 1 aromatic heterocycles. The highest BCUT2D eigenvalue weighted by molar-refractivity contribution is 9.10. The van der Waals surface area contributed by atoms with E-state index in [0.29, 0.717) is 6.04 Å². The van der Waals surface area contributed by atoms with Gasteiger partial charge in [0.1, 0.15) is 12.1 Å². The molecule has 0 spiro atoms. The maximum atomic E-state index is 5.22. The van der Waals surface area contributed by atoms with E-state index in [1.807, 2.05) is 24.5 Å². The number of benzene rings is 1. The Kier molecular flexibility index (Phi) is 2.63. The van der Waals surface area contributed by atoms with E-state index in [0.717, 1.165) is 21.6 Å². The number of rotatable bonds is 3. The lowest BCUT2D eigenvalue weighted by atomic mass is 10.2. The molecule has 2 aromatic rings. The van der Waals surface area contributed by atoms with Gasteiger partial charge in [0.25, 0.3) is 0 Å². The van der Waals surface area contributed by atoms with E-state index in [4.69, 9.17) is 4.74 Å². The van der Waals surface area contributed by atoms with Gasteiger partial charge in [-0.05, 0) is 47.0 Å². The summed E-state index contributed by atoms with van der Waals surface area (Å²) in [7, 11) is 1.66. The predicted molar refractivity (Wildman–Crippen MR) is 68.0 cm³/mol. The van der Waals surface area contributed by atoms with Gasteiger partial charge >= 0.3 is 0 Å². The highest BCUT2D eigenvalue weighted by Crippen LogP contribution is 2.38. The van der Waals surface area contributed by atoms with Crippen LogP contribution < -0.4 is 4.74 Å². The molecule has 1 fully saturated rings. The van der Waals surface area contributed by atoms with Crippen LogP contribution in [0.15, 0.2) is 29.0 Å². The quantitative estimate of drug-likeness (QED) is 0.873. The van der Waals surface area contributed by atoms with Crippen molar-refractivity contribution in [3.05, 3.63) is 29.0 Å². The van der Waals surface area contributed by atoms with Gasteiger partial charge in [-0.1, -0.05) is 0 Å². The van der Waals surface area contributed by atoms with Gasteiger partial charge in [0, 0.05) is 11.6 Å². The summed E-state index contributed by atoms with van der Waals surface area (Å²) in [6.07, 6.45) is 4.26. The van der Waals surface area contributed by atoms with Crippen molar-refractivity contribution >= 4 is 15.9 Å². The molecule has 1 aliphatic rings. The minimum atomic E-state index is 0.584. The molecular weight excluding hydrogens is 282 g/mol. The molecule has 1 heterocycles. The van der Waals surface area contributed by atoms with E-state index in [9.17, 15) is 0 Å². The van der Waals surface area contributed by atoms with E-state index in [-0.39, 0.29) is 0 Å². The third-order valence-corrected chi connectivity index (χ3v) is 3.54. The van der Waals surface area contributed by atoms with Crippen LogP contribution in [-0.2, 0) is 0 Å². The Morgan fingerprint density at radius 1 is 1.41 bits per heavy atom. The zero-order valence-electron chi connectivity index (χ0n) is 9.43. The Morgan fingerprint density at radius 2 is 2.24 bits per heavy atom. The molecule has 5 heteroatoms. The summed E-state index contributed by atoms with van der Waals surface area (Å²) in [4.78, 5) is 0. The van der Waals surface area contributed by atoms with Crippen LogP contribution in [0.25, 0.3) is 11.4 Å². The van der Waals surface area contributed by atoms with Crippen molar-refractivity contribution in [2.24, 2.45) is 0 Å². The fourth-order valence-electron chi connectivity index (χ4n) is 1.87. The Labute approximate surface area is 108 Å². The summed E-state index contributed by atoms with van der Waals surface area (Å²) in [6.45, 7) is 0. The van der Waals surface area contributed by atoms with Crippen LogP contribution in [0.4, 0.5) is 0 Å². The first-order valence-corrected chi connectivity index (χ1v) is 6.32. The van der Waals surface area contributed by atoms with Gasteiger partial charge in [-0.3, -0.25) is 0 Å². The van der Waals surface area contributed by atoms with E-state index < -0.39 is 0 Å². The largest absolute Gasteiger partial charge is 0.496 e. The van der Waals surface area contributed by atoms with Crippen molar-refractivity contribution in [2.75, 3.05) is 7.11 Å². The second-order valence-corrected chi connectivity index (χ2v) is 5.00. The molecule has 0 bridgehead atoms. The molecule has 3 rings (SSSR count). The Balaban J connectivity index is 2.02. The van der Waals surface area contributed by atoms with Gasteiger partial charge in [0.2, 0.25) is 0 Å². The summed E-state index contributed by atoms with van der Waals surface area (Å²) >= 11 is 3.49. The molecule has 0 radical (unpaired) electrons. The molecule has 0 amide bonds. The van der Waals surface area contributed by atoms with Crippen LogP contribution in [0.5, 0.6) is 5.75 Å². The minimum absolute atomic E-state index is 0.584. The van der Waals surface area contributed by atoms with Crippen LogP contribution >= 0.6 is 15.9 Å². The van der Waals surface area contributed by atoms with Gasteiger partial charge in [0.05, 0.1) is 11.6 Å². The number of hydrogen-bond acceptors (Lipinski definition) is 3. The lowest BCUT2D eigenvalue weighted by Gasteiger charge is -2.07. The fraction of sp³-hybridized carbons (Fsp3) is 0.333. The molecule has 0 saturated heterocycles. The maximum Gasteiger partial charge on any atom is 0.164 e. The summed E-state index contributed by atoms with van der Waals surface area (Å²) in [5, 5.41) is 8.19. The summed E-state index contributed by atoms with van der Waals surface area (Å²) < 4.78 is 8.30. The molecule has 0 N–H and O–H groups in total. The van der Waals surface area contributed by atoms with Gasteiger partial charge in [-0.2, -0.15) is 0 Å². The first kappa shape index (κ1) is 10.8. The van der Waals surface area contributed by atoms with Crippen LogP contribution in [0, 0.1) is 0 Å². The van der Waals surface area contributed by atoms with Crippen LogP contribution in [0.1, 0.15) is 18.9 Å². The lowest BCUT2D eigenvalue weighted by molar-refractivity contribution is 0.412. The van der Waals surface area contributed by atoms with E-state index in [1.165, 1.54) is 12.8 Å². The van der Waals surface area contributed by atoms with Gasteiger partial charge in [-0.25, -0.2) is 0 Å². The zero-order valence-corrected chi connectivity index (χ0v) is 11.0. The molecule has 0 aliphatic heterocycles. The highest BCUT2D eigenvalue weighted by Gasteiger charge is 2.26. The number of hydrogen-bond donors (Lipinski definition) is 0. The molecule has 0 atom stereocenters. The number of halogens is 1. The van der Waals surface area contributed by atoms with Gasteiger partial charge in [0.15, 0.2) is 5.82 Å². The second kappa shape index (κ2) is 4.14.